The first-order chi connectivity index (χ1) is 17.5. The number of nitriles is 1. The number of halogens is 1. The number of nitrogens with one attached hydrogen (secondary N) is 1. The van der Waals surface area contributed by atoms with Crippen molar-refractivity contribution in [3.05, 3.63) is 107 Å². The van der Waals surface area contributed by atoms with Crippen LogP contribution in [-0.4, -0.2) is 29.4 Å². The van der Waals surface area contributed by atoms with Crippen molar-refractivity contribution in [2.75, 3.05) is 11.9 Å². The number of anilines is 1. The van der Waals surface area contributed by atoms with Gasteiger partial charge in [0.25, 0.3) is 0 Å². The lowest BCUT2D eigenvalue weighted by Gasteiger charge is -2.36. The number of ether oxygens (including phenoxy) is 1. The number of hydrogen-bond donors (Lipinski definition) is 1. The van der Waals surface area contributed by atoms with Crippen LogP contribution in [0.3, 0.4) is 0 Å². The molecule has 3 aromatic rings. The molecule has 2 aliphatic rings. The number of esters is 1. The summed E-state index contributed by atoms with van der Waals surface area (Å²) in [6.07, 6.45) is 3.72. The van der Waals surface area contributed by atoms with Gasteiger partial charge in [-0.15, -0.1) is 0 Å². The first-order valence-electron chi connectivity index (χ1n) is 11.8. The zero-order chi connectivity index (χ0) is 25.3. The molecule has 1 saturated heterocycles. The van der Waals surface area contributed by atoms with Gasteiger partial charge in [-0.05, 0) is 54.0 Å². The zero-order valence-corrected chi connectivity index (χ0v) is 20.4. The Labute approximate surface area is 214 Å². The summed E-state index contributed by atoms with van der Waals surface area (Å²) < 4.78 is 5.54. The molecule has 2 heterocycles. The van der Waals surface area contributed by atoms with Gasteiger partial charge in [0, 0.05) is 22.8 Å². The Balaban J connectivity index is 1.72. The van der Waals surface area contributed by atoms with E-state index >= 15 is 0 Å². The monoisotopic (exact) mass is 497 g/mol. The quantitative estimate of drug-likeness (QED) is 0.467. The molecule has 0 radical (unpaired) electrons. The first-order valence-corrected chi connectivity index (χ1v) is 12.1. The minimum Gasteiger partial charge on any atom is -0.465 e. The van der Waals surface area contributed by atoms with Gasteiger partial charge in [-0.3, -0.25) is 9.59 Å². The van der Waals surface area contributed by atoms with Gasteiger partial charge in [-0.1, -0.05) is 66.2 Å². The SMILES string of the molecule is CCOC(=O)C1(C#N)C(c2ccccc2)C(C(=O)Nc2ccc(Cl)cc2)N2C=Cc3ccccc3C21. The van der Waals surface area contributed by atoms with Crippen molar-refractivity contribution in [2.45, 2.75) is 24.9 Å². The average Bonchev–Trinajstić information content (AvgIpc) is 3.22. The predicted octanol–water partition coefficient (Wildman–Crippen LogP) is 5.55. The van der Waals surface area contributed by atoms with Crippen LogP contribution in [0.1, 0.15) is 35.6 Å². The van der Waals surface area contributed by atoms with Gasteiger partial charge < -0.3 is 15.0 Å². The molecule has 180 valence electrons. The van der Waals surface area contributed by atoms with Gasteiger partial charge in [-0.2, -0.15) is 5.26 Å². The Morgan fingerprint density at radius 1 is 1.06 bits per heavy atom. The number of fused-ring (bicyclic) bond motifs is 3. The Kier molecular flexibility index (Phi) is 6.26. The van der Waals surface area contributed by atoms with Crippen LogP contribution in [0.4, 0.5) is 5.69 Å². The van der Waals surface area contributed by atoms with Crippen molar-refractivity contribution in [2.24, 2.45) is 5.41 Å². The molecule has 36 heavy (non-hydrogen) atoms. The van der Waals surface area contributed by atoms with Gasteiger partial charge in [-0.25, -0.2) is 0 Å². The molecule has 1 N–H and O–H groups in total. The van der Waals surface area contributed by atoms with Crippen LogP contribution in [0.2, 0.25) is 5.02 Å². The largest absolute Gasteiger partial charge is 0.465 e. The Bertz CT molecular complexity index is 1370. The second-order valence-corrected chi connectivity index (χ2v) is 9.26. The van der Waals surface area contributed by atoms with Gasteiger partial charge >= 0.3 is 5.97 Å². The molecule has 0 saturated carbocycles. The number of rotatable bonds is 5. The lowest BCUT2D eigenvalue weighted by atomic mass is 9.67. The van der Waals surface area contributed by atoms with Crippen LogP contribution in [0.25, 0.3) is 6.08 Å². The summed E-state index contributed by atoms with van der Waals surface area (Å²) in [4.78, 5) is 29.6. The Morgan fingerprint density at radius 3 is 2.44 bits per heavy atom. The molecule has 0 aliphatic carbocycles. The van der Waals surface area contributed by atoms with E-state index in [1.807, 2.05) is 71.8 Å². The van der Waals surface area contributed by atoms with Crippen LogP contribution in [-0.2, 0) is 14.3 Å². The molecule has 0 aromatic heterocycles. The molecular formula is C29H24ClN3O3. The number of benzene rings is 3. The van der Waals surface area contributed by atoms with Crippen LogP contribution in [0.5, 0.6) is 0 Å². The normalized spacial score (nSPS) is 23.8. The number of carbonyl (C=O) groups excluding carboxylic acids is 2. The Morgan fingerprint density at radius 2 is 1.75 bits per heavy atom. The molecule has 4 unspecified atom stereocenters. The highest BCUT2D eigenvalue weighted by molar-refractivity contribution is 6.30. The molecule has 2 aliphatic heterocycles. The van der Waals surface area contributed by atoms with E-state index in [0.29, 0.717) is 16.3 Å². The fraction of sp³-hybridized carbons (Fsp3) is 0.207. The number of carbonyl (C=O) groups is 2. The molecule has 5 rings (SSSR count). The second-order valence-electron chi connectivity index (χ2n) is 8.83. The molecular weight excluding hydrogens is 474 g/mol. The van der Waals surface area contributed by atoms with Gasteiger partial charge in [0.05, 0.1) is 18.7 Å². The number of nitrogens with zero attached hydrogens (tertiary/aromatic N) is 2. The topological polar surface area (TPSA) is 82.4 Å². The molecule has 3 aromatic carbocycles. The summed E-state index contributed by atoms with van der Waals surface area (Å²) in [7, 11) is 0. The van der Waals surface area contributed by atoms with Crippen molar-refractivity contribution in [1.82, 2.24) is 4.90 Å². The summed E-state index contributed by atoms with van der Waals surface area (Å²) in [6, 6.07) is 24.5. The summed E-state index contributed by atoms with van der Waals surface area (Å²) in [5.41, 5.74) is 1.31. The van der Waals surface area contributed by atoms with E-state index in [2.05, 4.69) is 11.4 Å². The van der Waals surface area contributed by atoms with Gasteiger partial charge in [0.1, 0.15) is 6.04 Å². The fourth-order valence-corrected chi connectivity index (χ4v) is 5.58. The maximum absolute atomic E-state index is 14.0. The maximum Gasteiger partial charge on any atom is 0.329 e. The standard InChI is InChI=1S/C29H24ClN3O3/c1-2-36-28(35)29(18-31)24(20-9-4-3-5-10-20)25(27(34)32-22-14-12-21(30)13-15-22)33-17-16-19-8-6-7-11-23(19)26(29)33/h3-17,24-26H,2H2,1H3,(H,32,34). The van der Waals surface area contributed by atoms with Crippen LogP contribution in [0.15, 0.2) is 85.1 Å². The third kappa shape index (κ3) is 3.73. The fourth-order valence-electron chi connectivity index (χ4n) is 5.46. The van der Waals surface area contributed by atoms with E-state index in [-0.39, 0.29) is 12.5 Å². The zero-order valence-electron chi connectivity index (χ0n) is 19.6. The third-order valence-electron chi connectivity index (χ3n) is 6.91. The molecule has 4 atom stereocenters. The lowest BCUT2D eigenvalue weighted by molar-refractivity contribution is -0.154. The average molecular weight is 498 g/mol. The van der Waals surface area contributed by atoms with Crippen LogP contribution < -0.4 is 5.32 Å². The highest BCUT2D eigenvalue weighted by atomic mass is 35.5. The van der Waals surface area contributed by atoms with Crippen molar-refractivity contribution < 1.29 is 14.3 Å². The van der Waals surface area contributed by atoms with Crippen molar-refractivity contribution >= 4 is 35.2 Å². The number of hydrogen-bond acceptors (Lipinski definition) is 5. The minimum atomic E-state index is -1.67. The first kappa shape index (κ1) is 23.7. The van der Waals surface area contributed by atoms with Crippen LogP contribution in [0, 0.1) is 16.7 Å². The van der Waals surface area contributed by atoms with Crippen molar-refractivity contribution in [1.29, 1.82) is 5.26 Å². The summed E-state index contributed by atoms with van der Waals surface area (Å²) in [5.74, 6) is -1.76. The predicted molar refractivity (Wildman–Crippen MR) is 138 cm³/mol. The molecule has 1 fully saturated rings. The second kappa shape index (κ2) is 9.52. The molecule has 6 nitrogen and oxygen atoms in total. The summed E-state index contributed by atoms with van der Waals surface area (Å²) >= 11 is 6.02. The van der Waals surface area contributed by atoms with E-state index in [1.54, 1.807) is 31.2 Å². The highest BCUT2D eigenvalue weighted by Gasteiger charge is 2.67. The molecule has 1 amide bonds. The maximum atomic E-state index is 14.0. The van der Waals surface area contributed by atoms with Gasteiger partial charge in [0.2, 0.25) is 5.91 Å². The molecule has 0 spiro atoms. The smallest absolute Gasteiger partial charge is 0.329 e. The van der Waals surface area contributed by atoms with E-state index in [9.17, 15) is 14.9 Å². The summed E-state index contributed by atoms with van der Waals surface area (Å²) in [6.45, 7) is 1.84. The van der Waals surface area contributed by atoms with Crippen molar-refractivity contribution in [3.8, 4) is 6.07 Å². The van der Waals surface area contributed by atoms with E-state index in [4.69, 9.17) is 16.3 Å². The molecule has 7 heteroatoms. The van der Waals surface area contributed by atoms with Crippen molar-refractivity contribution in [3.63, 3.8) is 0 Å². The lowest BCUT2D eigenvalue weighted by Crippen LogP contribution is -2.42. The Hall–Kier alpha value is -4.08. The number of amides is 1. The third-order valence-corrected chi connectivity index (χ3v) is 7.16. The van der Waals surface area contributed by atoms with Crippen LogP contribution >= 0.6 is 11.6 Å². The highest BCUT2D eigenvalue weighted by Crippen LogP contribution is 2.60. The van der Waals surface area contributed by atoms with Gasteiger partial charge in [0.15, 0.2) is 5.41 Å². The minimum absolute atomic E-state index is 0.121. The van der Waals surface area contributed by atoms with E-state index in [1.165, 1.54) is 0 Å². The van der Waals surface area contributed by atoms with E-state index in [0.717, 1.165) is 11.1 Å². The van der Waals surface area contributed by atoms with E-state index < -0.39 is 29.4 Å². The summed E-state index contributed by atoms with van der Waals surface area (Å²) in [5, 5.41) is 14.3. The molecule has 0 bridgehead atoms.